The Bertz CT molecular complexity index is 1200. The van der Waals surface area contributed by atoms with Crippen molar-refractivity contribution in [2.75, 3.05) is 20.3 Å². The maximum Gasteiger partial charge on any atom is 0.307 e. The Labute approximate surface area is 184 Å². The first-order chi connectivity index (χ1) is 14.8. The molecule has 1 aromatic heterocycles. The highest BCUT2D eigenvalue weighted by Gasteiger charge is 2.43. The van der Waals surface area contributed by atoms with E-state index in [9.17, 15) is 9.59 Å². The van der Waals surface area contributed by atoms with Crippen molar-refractivity contribution in [2.24, 2.45) is 7.05 Å². The first-order valence-electron chi connectivity index (χ1n) is 9.80. The topological polar surface area (TPSA) is 89.8 Å². The highest BCUT2D eigenvalue weighted by Crippen LogP contribution is 2.36. The van der Waals surface area contributed by atoms with Crippen molar-refractivity contribution in [3.05, 3.63) is 63.8 Å². The minimum atomic E-state index is -0.881. The van der Waals surface area contributed by atoms with Crippen LogP contribution in [0, 0.1) is 6.92 Å². The van der Waals surface area contributed by atoms with Crippen LogP contribution in [0.3, 0.4) is 0 Å². The second-order valence-corrected chi connectivity index (χ2v) is 8.23. The normalized spacial score (nSPS) is 14.8. The van der Waals surface area contributed by atoms with Crippen LogP contribution in [0.5, 0.6) is 5.75 Å². The van der Waals surface area contributed by atoms with Gasteiger partial charge in [0, 0.05) is 12.4 Å². The van der Waals surface area contributed by atoms with Gasteiger partial charge in [0.05, 0.1) is 37.3 Å². The van der Waals surface area contributed by atoms with E-state index in [1.165, 1.54) is 0 Å². The number of hydrogen-bond donors (Lipinski definition) is 2. The van der Waals surface area contributed by atoms with Gasteiger partial charge >= 0.3 is 5.97 Å². The lowest BCUT2D eigenvalue weighted by molar-refractivity contribution is -0.136. The number of aromatic nitrogens is 1. The molecule has 0 aliphatic carbocycles. The number of nitrogens with one attached hydrogen (secondary N) is 1. The fourth-order valence-electron chi connectivity index (χ4n) is 4.16. The highest BCUT2D eigenvalue weighted by molar-refractivity contribution is 6.37. The van der Waals surface area contributed by atoms with Crippen LogP contribution >= 0.6 is 11.6 Å². The predicted octanol–water partition coefficient (Wildman–Crippen LogP) is 3.43. The molecular weight excluding hydrogens is 420 g/mol. The molecule has 0 saturated carbocycles. The fourth-order valence-corrected chi connectivity index (χ4v) is 4.45. The van der Waals surface area contributed by atoms with Crippen LogP contribution in [-0.2, 0) is 28.5 Å². The standard InChI is InChI=1S/C23H23ClN2O5/c1-13-8-14(9-20(27)28)4-5-16(13)23(11-31-12-23)25-22(29)18-10-15-17(26(18)2)6-7-19(30-3)21(15)24/h4-8,10H,9,11-12H2,1-3H3,(H,25,29)(H,27,28). The van der Waals surface area contributed by atoms with E-state index in [-0.39, 0.29) is 12.3 Å². The van der Waals surface area contributed by atoms with Gasteiger partial charge in [0.1, 0.15) is 17.0 Å². The molecule has 1 aliphatic heterocycles. The molecule has 162 valence electrons. The van der Waals surface area contributed by atoms with Crippen LogP contribution in [0.15, 0.2) is 36.4 Å². The van der Waals surface area contributed by atoms with Gasteiger partial charge in [-0.2, -0.15) is 0 Å². The number of rotatable bonds is 6. The van der Waals surface area contributed by atoms with Crippen LogP contribution in [-0.4, -0.2) is 41.9 Å². The number of amides is 1. The minimum Gasteiger partial charge on any atom is -0.495 e. The van der Waals surface area contributed by atoms with Crippen molar-refractivity contribution in [1.29, 1.82) is 0 Å². The summed E-state index contributed by atoms with van der Waals surface area (Å²) in [4.78, 5) is 24.3. The largest absolute Gasteiger partial charge is 0.495 e. The molecule has 1 saturated heterocycles. The number of halogens is 1. The average molecular weight is 443 g/mol. The zero-order valence-electron chi connectivity index (χ0n) is 17.5. The quantitative estimate of drug-likeness (QED) is 0.610. The molecule has 1 fully saturated rings. The van der Waals surface area contributed by atoms with Gasteiger partial charge in [-0.3, -0.25) is 9.59 Å². The van der Waals surface area contributed by atoms with Crippen LogP contribution in [0.1, 0.15) is 27.2 Å². The van der Waals surface area contributed by atoms with Crippen molar-refractivity contribution < 1.29 is 24.2 Å². The highest BCUT2D eigenvalue weighted by atomic mass is 35.5. The lowest BCUT2D eigenvalue weighted by Crippen LogP contribution is -2.59. The number of aliphatic carboxylic acids is 1. The third-order valence-electron chi connectivity index (χ3n) is 5.79. The van der Waals surface area contributed by atoms with Crippen molar-refractivity contribution in [1.82, 2.24) is 9.88 Å². The van der Waals surface area contributed by atoms with Crippen LogP contribution in [0.4, 0.5) is 0 Å². The van der Waals surface area contributed by atoms with Gasteiger partial charge in [-0.1, -0.05) is 29.8 Å². The minimum absolute atomic E-state index is 0.0445. The molecule has 2 heterocycles. The number of carboxylic acids is 1. The van der Waals surface area contributed by atoms with E-state index < -0.39 is 11.5 Å². The van der Waals surface area contributed by atoms with E-state index in [2.05, 4.69) is 5.32 Å². The zero-order valence-corrected chi connectivity index (χ0v) is 18.2. The van der Waals surface area contributed by atoms with E-state index >= 15 is 0 Å². The Balaban J connectivity index is 1.66. The Hall–Kier alpha value is -3.03. The number of carbonyl (C=O) groups is 2. The van der Waals surface area contributed by atoms with Crippen molar-refractivity contribution in [3.63, 3.8) is 0 Å². The lowest BCUT2D eigenvalue weighted by atomic mass is 9.84. The number of carboxylic acid groups (broad SMARTS) is 1. The molecule has 3 aromatic rings. The van der Waals surface area contributed by atoms with Crippen LogP contribution in [0.25, 0.3) is 10.9 Å². The molecule has 1 amide bonds. The van der Waals surface area contributed by atoms with Gasteiger partial charge in [-0.15, -0.1) is 0 Å². The summed E-state index contributed by atoms with van der Waals surface area (Å²) in [6.45, 7) is 2.60. The maximum atomic E-state index is 13.3. The average Bonchev–Trinajstić information content (AvgIpc) is 3.03. The van der Waals surface area contributed by atoms with E-state index in [4.69, 9.17) is 26.2 Å². The van der Waals surface area contributed by atoms with Gasteiger partial charge in [-0.25, -0.2) is 0 Å². The number of hydrogen-bond acceptors (Lipinski definition) is 4. The molecule has 0 unspecified atom stereocenters. The van der Waals surface area contributed by atoms with Gasteiger partial charge in [-0.05, 0) is 41.8 Å². The molecule has 2 aromatic carbocycles. The molecular formula is C23H23ClN2O5. The monoisotopic (exact) mass is 442 g/mol. The van der Waals surface area contributed by atoms with E-state index in [0.29, 0.717) is 35.2 Å². The summed E-state index contributed by atoms with van der Waals surface area (Å²) >= 11 is 6.44. The molecule has 2 N–H and O–H groups in total. The summed E-state index contributed by atoms with van der Waals surface area (Å²) in [5.74, 6) is -0.577. The van der Waals surface area contributed by atoms with Crippen LogP contribution < -0.4 is 10.1 Å². The third kappa shape index (κ3) is 3.64. The maximum absolute atomic E-state index is 13.3. The van der Waals surface area contributed by atoms with E-state index in [1.807, 2.05) is 32.2 Å². The van der Waals surface area contributed by atoms with Gasteiger partial charge in [0.25, 0.3) is 5.91 Å². The summed E-state index contributed by atoms with van der Waals surface area (Å²) in [7, 11) is 3.37. The number of nitrogens with zero attached hydrogens (tertiary/aromatic N) is 1. The molecule has 0 spiro atoms. The van der Waals surface area contributed by atoms with Gasteiger partial charge in [0.2, 0.25) is 0 Å². The second-order valence-electron chi connectivity index (χ2n) is 7.85. The number of carbonyl (C=O) groups excluding carboxylic acids is 1. The molecule has 0 atom stereocenters. The predicted molar refractivity (Wildman–Crippen MR) is 117 cm³/mol. The van der Waals surface area contributed by atoms with Crippen molar-refractivity contribution >= 4 is 34.4 Å². The van der Waals surface area contributed by atoms with E-state index in [1.54, 1.807) is 29.9 Å². The molecule has 8 heteroatoms. The van der Waals surface area contributed by atoms with Gasteiger partial charge < -0.3 is 24.5 Å². The summed E-state index contributed by atoms with van der Waals surface area (Å²) in [6.07, 6.45) is -0.0445. The fraction of sp³-hybridized carbons (Fsp3) is 0.304. The Morgan fingerprint density at radius 1 is 1.26 bits per heavy atom. The lowest BCUT2D eigenvalue weighted by Gasteiger charge is -2.43. The molecule has 7 nitrogen and oxygen atoms in total. The Kier molecular flexibility index (Phi) is 5.41. The van der Waals surface area contributed by atoms with Gasteiger partial charge in [0.15, 0.2) is 0 Å². The number of benzene rings is 2. The second kappa shape index (κ2) is 7.90. The van der Waals surface area contributed by atoms with Crippen molar-refractivity contribution in [3.8, 4) is 5.75 Å². The summed E-state index contributed by atoms with van der Waals surface area (Å²) in [6, 6.07) is 10.9. The molecule has 0 radical (unpaired) electrons. The Morgan fingerprint density at radius 2 is 2.00 bits per heavy atom. The first kappa shape index (κ1) is 21.2. The van der Waals surface area contributed by atoms with Crippen LogP contribution in [0.2, 0.25) is 5.02 Å². The number of aryl methyl sites for hydroxylation is 2. The Morgan fingerprint density at radius 3 is 2.58 bits per heavy atom. The SMILES string of the molecule is COc1ccc2c(cc(C(=O)NC3(c4ccc(CC(=O)O)cc4C)COC3)n2C)c1Cl. The van der Waals surface area contributed by atoms with Crippen molar-refractivity contribution in [2.45, 2.75) is 18.9 Å². The smallest absolute Gasteiger partial charge is 0.307 e. The first-order valence-corrected chi connectivity index (χ1v) is 10.2. The molecule has 0 bridgehead atoms. The summed E-state index contributed by atoms with van der Waals surface area (Å²) in [5.41, 5.74) is 3.17. The number of fused-ring (bicyclic) bond motifs is 1. The molecule has 4 rings (SSSR count). The number of ether oxygens (including phenoxy) is 2. The summed E-state index contributed by atoms with van der Waals surface area (Å²) < 4.78 is 12.5. The summed E-state index contributed by atoms with van der Waals surface area (Å²) in [5, 5.41) is 13.4. The third-order valence-corrected chi connectivity index (χ3v) is 6.18. The number of methoxy groups -OCH3 is 1. The van der Waals surface area contributed by atoms with E-state index in [0.717, 1.165) is 22.0 Å². The zero-order chi connectivity index (χ0) is 22.3. The molecule has 1 aliphatic rings. The molecule has 31 heavy (non-hydrogen) atoms.